The second-order valence-electron chi connectivity index (χ2n) is 5.76. The number of fused-ring (bicyclic) bond motifs is 5. The molecule has 1 N–H and O–H groups in total. The van der Waals surface area contributed by atoms with Gasteiger partial charge in [0, 0.05) is 21.5 Å². The summed E-state index contributed by atoms with van der Waals surface area (Å²) in [6, 6.07) is 13.0. The molecule has 4 aromatic rings. The summed E-state index contributed by atoms with van der Waals surface area (Å²) < 4.78 is 5.56. The van der Waals surface area contributed by atoms with E-state index < -0.39 is 0 Å². The van der Waals surface area contributed by atoms with Gasteiger partial charge in [0.15, 0.2) is 0 Å². The quantitative estimate of drug-likeness (QED) is 0.385. The lowest BCUT2D eigenvalue weighted by Crippen LogP contribution is -2.00. The third-order valence-electron chi connectivity index (χ3n) is 4.10. The molecule has 22 heavy (non-hydrogen) atoms. The predicted octanol–water partition coefficient (Wildman–Crippen LogP) is 4.42. The van der Waals surface area contributed by atoms with Gasteiger partial charge in [0.1, 0.15) is 11.3 Å². The van der Waals surface area contributed by atoms with E-state index in [4.69, 9.17) is 4.42 Å². The smallest absolute Gasteiger partial charge is 0.344 e. The molecule has 1 aromatic heterocycles. The molecular formula is C19H14O3. The van der Waals surface area contributed by atoms with Crippen LogP contribution in [0.15, 0.2) is 51.7 Å². The van der Waals surface area contributed by atoms with E-state index in [0.29, 0.717) is 16.4 Å². The molecule has 0 saturated carbocycles. The molecule has 0 saturated heterocycles. The Bertz CT molecular complexity index is 1120. The lowest BCUT2D eigenvalue weighted by atomic mass is 10.00. The van der Waals surface area contributed by atoms with Gasteiger partial charge in [-0.15, -0.1) is 0 Å². The van der Waals surface area contributed by atoms with Crippen molar-refractivity contribution in [2.45, 2.75) is 13.8 Å². The highest BCUT2D eigenvalue weighted by Crippen LogP contribution is 2.35. The fraction of sp³-hybridized carbons (Fsp3) is 0.105. The molecule has 108 valence electrons. The van der Waals surface area contributed by atoms with E-state index in [0.717, 1.165) is 27.3 Å². The van der Waals surface area contributed by atoms with E-state index in [2.05, 4.69) is 0 Å². The number of phenols is 1. The summed E-state index contributed by atoms with van der Waals surface area (Å²) in [7, 11) is 0. The molecule has 4 rings (SSSR count). The number of phenolic OH excluding ortho intramolecular Hbond substituents is 1. The van der Waals surface area contributed by atoms with Gasteiger partial charge in [-0.1, -0.05) is 35.4 Å². The van der Waals surface area contributed by atoms with Gasteiger partial charge in [0.25, 0.3) is 0 Å². The molecule has 0 aliphatic heterocycles. The number of rotatable bonds is 0. The summed E-state index contributed by atoms with van der Waals surface area (Å²) >= 11 is 0. The molecule has 1 heterocycles. The first kappa shape index (κ1) is 12.9. The molecule has 0 atom stereocenters. The van der Waals surface area contributed by atoms with Gasteiger partial charge in [0.2, 0.25) is 0 Å². The minimum atomic E-state index is -0.352. The van der Waals surface area contributed by atoms with E-state index in [1.807, 2.05) is 44.2 Å². The van der Waals surface area contributed by atoms with Gasteiger partial charge >= 0.3 is 5.63 Å². The van der Waals surface area contributed by atoms with Crippen LogP contribution >= 0.6 is 0 Å². The summed E-state index contributed by atoms with van der Waals surface area (Å²) in [4.78, 5) is 12.3. The van der Waals surface area contributed by atoms with Crippen LogP contribution in [-0.4, -0.2) is 5.11 Å². The minimum absolute atomic E-state index is 0.197. The molecule has 3 heteroatoms. The Labute approximate surface area is 126 Å². The van der Waals surface area contributed by atoms with E-state index in [9.17, 15) is 9.90 Å². The maximum atomic E-state index is 12.3. The normalized spacial score (nSPS) is 11.5. The first-order valence-corrected chi connectivity index (χ1v) is 7.14. The molecule has 0 aliphatic rings. The Morgan fingerprint density at radius 2 is 1.41 bits per heavy atom. The van der Waals surface area contributed by atoms with Gasteiger partial charge < -0.3 is 9.52 Å². The van der Waals surface area contributed by atoms with E-state index in [-0.39, 0.29) is 11.4 Å². The van der Waals surface area contributed by atoms with Crippen LogP contribution in [0.2, 0.25) is 0 Å². The van der Waals surface area contributed by atoms with Crippen LogP contribution in [0, 0.1) is 13.8 Å². The van der Waals surface area contributed by atoms with Crippen molar-refractivity contribution in [3.05, 3.63) is 64.0 Å². The molecule has 0 amide bonds. The Morgan fingerprint density at radius 3 is 2.14 bits per heavy atom. The maximum Gasteiger partial charge on any atom is 0.344 e. The highest BCUT2D eigenvalue weighted by Gasteiger charge is 2.13. The molecule has 3 aromatic carbocycles. The van der Waals surface area contributed by atoms with Crippen molar-refractivity contribution in [3.8, 4) is 5.75 Å². The number of benzene rings is 3. The Morgan fingerprint density at radius 1 is 0.773 bits per heavy atom. The zero-order valence-corrected chi connectivity index (χ0v) is 12.3. The van der Waals surface area contributed by atoms with E-state index >= 15 is 0 Å². The van der Waals surface area contributed by atoms with Crippen molar-refractivity contribution in [1.29, 1.82) is 0 Å². The fourth-order valence-corrected chi connectivity index (χ4v) is 3.01. The molecule has 3 nitrogen and oxygen atoms in total. The van der Waals surface area contributed by atoms with Crippen LogP contribution in [0.1, 0.15) is 11.1 Å². The summed E-state index contributed by atoms with van der Waals surface area (Å²) in [6.45, 7) is 3.94. The van der Waals surface area contributed by atoms with Crippen LogP contribution < -0.4 is 5.63 Å². The van der Waals surface area contributed by atoms with Crippen molar-refractivity contribution in [2.24, 2.45) is 0 Å². The SMILES string of the molecule is Cc1ccc2c(c1)c(O)cc1c3cc(C)ccc3c(=O)oc21. The van der Waals surface area contributed by atoms with Crippen LogP contribution in [0.5, 0.6) is 5.75 Å². The summed E-state index contributed by atoms with van der Waals surface area (Å²) in [5.41, 5.74) is 2.27. The topological polar surface area (TPSA) is 50.4 Å². The lowest BCUT2D eigenvalue weighted by Gasteiger charge is -2.09. The zero-order valence-electron chi connectivity index (χ0n) is 12.3. The Balaban J connectivity index is 2.34. The number of aryl methyl sites for hydroxylation is 2. The van der Waals surface area contributed by atoms with Crippen LogP contribution in [0.25, 0.3) is 32.5 Å². The first-order valence-electron chi connectivity index (χ1n) is 7.14. The molecule has 0 bridgehead atoms. The summed E-state index contributed by atoms with van der Waals surface area (Å²) in [5.74, 6) is 0.197. The first-order chi connectivity index (χ1) is 10.5. The molecule has 0 unspecified atom stereocenters. The van der Waals surface area contributed by atoms with Gasteiger partial charge in [-0.3, -0.25) is 0 Å². The minimum Gasteiger partial charge on any atom is -0.507 e. The van der Waals surface area contributed by atoms with Gasteiger partial charge in [0.05, 0.1) is 5.39 Å². The number of aromatic hydroxyl groups is 1. The Hall–Kier alpha value is -2.81. The average Bonchev–Trinajstić information content (AvgIpc) is 2.49. The van der Waals surface area contributed by atoms with Crippen LogP contribution in [0.4, 0.5) is 0 Å². The zero-order chi connectivity index (χ0) is 15.4. The molecule has 0 aliphatic carbocycles. The van der Waals surface area contributed by atoms with Crippen molar-refractivity contribution in [3.63, 3.8) is 0 Å². The second kappa shape index (κ2) is 4.34. The summed E-state index contributed by atoms with van der Waals surface area (Å²) in [6.07, 6.45) is 0. The molecular weight excluding hydrogens is 276 g/mol. The second-order valence-corrected chi connectivity index (χ2v) is 5.76. The Kier molecular flexibility index (Phi) is 2.54. The number of hydrogen-bond acceptors (Lipinski definition) is 3. The van der Waals surface area contributed by atoms with Crippen molar-refractivity contribution in [1.82, 2.24) is 0 Å². The standard InChI is InChI=1S/C19H14O3/c1-10-4-6-13-14(7-10)16-9-17(20)15-8-11(2)3-5-12(15)18(16)22-19(13)21/h3-9,20H,1-2H3. The lowest BCUT2D eigenvalue weighted by molar-refractivity contribution is 0.482. The largest absolute Gasteiger partial charge is 0.507 e. The van der Waals surface area contributed by atoms with Gasteiger partial charge in [-0.2, -0.15) is 0 Å². The van der Waals surface area contributed by atoms with Crippen molar-refractivity contribution >= 4 is 32.5 Å². The fourth-order valence-electron chi connectivity index (χ4n) is 3.01. The van der Waals surface area contributed by atoms with Crippen LogP contribution in [-0.2, 0) is 0 Å². The highest BCUT2D eigenvalue weighted by atomic mass is 16.4. The van der Waals surface area contributed by atoms with E-state index in [1.54, 1.807) is 12.1 Å². The highest BCUT2D eigenvalue weighted by molar-refractivity contribution is 6.15. The summed E-state index contributed by atoms with van der Waals surface area (Å²) in [5, 5.41) is 13.9. The number of hydrogen-bond donors (Lipinski definition) is 1. The third kappa shape index (κ3) is 1.72. The van der Waals surface area contributed by atoms with Gasteiger partial charge in [-0.25, -0.2) is 4.79 Å². The average molecular weight is 290 g/mol. The van der Waals surface area contributed by atoms with Gasteiger partial charge in [-0.05, 0) is 32.0 Å². The predicted molar refractivity (Wildman–Crippen MR) is 88.6 cm³/mol. The molecule has 0 spiro atoms. The van der Waals surface area contributed by atoms with E-state index in [1.165, 1.54) is 0 Å². The van der Waals surface area contributed by atoms with Crippen molar-refractivity contribution in [2.75, 3.05) is 0 Å². The monoisotopic (exact) mass is 290 g/mol. The maximum absolute atomic E-state index is 12.3. The molecule has 0 radical (unpaired) electrons. The molecule has 0 fully saturated rings. The van der Waals surface area contributed by atoms with Crippen molar-refractivity contribution < 1.29 is 9.52 Å². The third-order valence-corrected chi connectivity index (χ3v) is 4.10. The van der Waals surface area contributed by atoms with Crippen LogP contribution in [0.3, 0.4) is 0 Å².